The molecule has 0 saturated carbocycles. The second-order valence-corrected chi connectivity index (χ2v) is 6.38. The quantitative estimate of drug-likeness (QED) is 0.908. The highest BCUT2D eigenvalue weighted by Crippen LogP contribution is 2.16. The van der Waals surface area contributed by atoms with Crippen molar-refractivity contribution in [2.75, 3.05) is 17.3 Å². The van der Waals surface area contributed by atoms with E-state index < -0.39 is 21.5 Å². The van der Waals surface area contributed by atoms with E-state index in [-0.39, 0.29) is 0 Å². The Morgan fingerprint density at radius 1 is 1.50 bits per heavy atom. The van der Waals surface area contributed by atoms with E-state index in [1.807, 2.05) is 0 Å². The van der Waals surface area contributed by atoms with E-state index in [9.17, 15) is 13.2 Å². The molecule has 5 nitrogen and oxygen atoms in total. The number of aryl methyl sites for hydroxylation is 1. The number of pyridine rings is 1. The van der Waals surface area contributed by atoms with Gasteiger partial charge in [0.2, 0.25) is 5.91 Å². The van der Waals surface area contributed by atoms with Gasteiger partial charge in [-0.15, -0.1) is 0 Å². The fraction of sp³-hybridized carbons (Fsp3) is 0.333. The molecule has 1 N–H and O–H groups in total. The van der Waals surface area contributed by atoms with Crippen LogP contribution in [-0.4, -0.2) is 31.3 Å². The van der Waals surface area contributed by atoms with Crippen LogP contribution in [0.2, 0.25) is 0 Å². The van der Waals surface area contributed by atoms with Gasteiger partial charge in [-0.05, 0) is 35.0 Å². The van der Waals surface area contributed by atoms with Crippen LogP contribution in [0.3, 0.4) is 0 Å². The number of rotatable bonds is 3. The Hall–Kier alpha value is -0.950. The number of carbonyl (C=O) groups is 1. The van der Waals surface area contributed by atoms with Crippen molar-refractivity contribution in [3.05, 3.63) is 22.3 Å². The Labute approximate surface area is 102 Å². The topological polar surface area (TPSA) is 76.1 Å². The molecule has 0 fully saturated rings. The lowest BCUT2D eigenvalue weighted by molar-refractivity contribution is -0.113. The monoisotopic (exact) mass is 306 g/mol. The number of carbonyl (C=O) groups excluding carboxylic acids is 1. The van der Waals surface area contributed by atoms with Gasteiger partial charge in [-0.1, -0.05) is 0 Å². The van der Waals surface area contributed by atoms with Crippen LogP contribution in [0.1, 0.15) is 5.69 Å². The van der Waals surface area contributed by atoms with Gasteiger partial charge in [0.05, 0.1) is 5.69 Å². The molecular formula is C9H11BrN2O3S. The molecule has 1 amide bonds. The minimum Gasteiger partial charge on any atom is -0.310 e. The minimum atomic E-state index is -3.31. The van der Waals surface area contributed by atoms with E-state index in [1.54, 1.807) is 19.1 Å². The third-order valence-electron chi connectivity index (χ3n) is 1.68. The van der Waals surface area contributed by atoms with Crippen LogP contribution in [0.4, 0.5) is 5.82 Å². The lowest BCUT2D eigenvalue weighted by atomic mass is 10.4. The second kappa shape index (κ2) is 4.92. The lowest BCUT2D eigenvalue weighted by Gasteiger charge is -2.05. The number of amides is 1. The van der Waals surface area contributed by atoms with Crippen molar-refractivity contribution in [2.45, 2.75) is 6.92 Å². The summed E-state index contributed by atoms with van der Waals surface area (Å²) < 4.78 is 22.6. The number of hydrogen-bond donors (Lipinski definition) is 1. The molecule has 0 aliphatic heterocycles. The third kappa shape index (κ3) is 4.28. The summed E-state index contributed by atoms with van der Waals surface area (Å²) in [7, 11) is -3.31. The molecule has 16 heavy (non-hydrogen) atoms. The smallest absolute Gasteiger partial charge is 0.240 e. The molecule has 88 valence electrons. The highest BCUT2D eigenvalue weighted by atomic mass is 79.9. The van der Waals surface area contributed by atoms with Crippen LogP contribution >= 0.6 is 15.9 Å². The summed E-state index contributed by atoms with van der Waals surface area (Å²) >= 11 is 3.27. The molecule has 1 aromatic heterocycles. The molecule has 0 aromatic carbocycles. The maximum Gasteiger partial charge on any atom is 0.240 e. The summed E-state index contributed by atoms with van der Waals surface area (Å²) in [5, 5.41) is 2.42. The molecule has 0 radical (unpaired) electrons. The van der Waals surface area contributed by atoms with Crippen LogP contribution < -0.4 is 5.32 Å². The summed E-state index contributed by atoms with van der Waals surface area (Å²) in [6, 6.07) is 3.33. The van der Waals surface area contributed by atoms with E-state index in [2.05, 4.69) is 26.2 Å². The fourth-order valence-corrected chi connectivity index (χ4v) is 1.80. The van der Waals surface area contributed by atoms with E-state index >= 15 is 0 Å². The first-order valence-corrected chi connectivity index (χ1v) is 7.24. The zero-order valence-electron chi connectivity index (χ0n) is 8.82. The zero-order valence-corrected chi connectivity index (χ0v) is 11.2. The molecule has 0 bridgehead atoms. The maximum absolute atomic E-state index is 11.3. The lowest BCUT2D eigenvalue weighted by Crippen LogP contribution is -2.22. The van der Waals surface area contributed by atoms with Crippen LogP contribution in [-0.2, 0) is 14.6 Å². The van der Waals surface area contributed by atoms with Gasteiger partial charge in [0.1, 0.15) is 11.6 Å². The molecular weight excluding hydrogens is 296 g/mol. The van der Waals surface area contributed by atoms with Gasteiger partial charge in [0.15, 0.2) is 9.84 Å². The average Bonchev–Trinajstić information content (AvgIpc) is 2.08. The summed E-state index contributed by atoms with van der Waals surface area (Å²) in [5.41, 5.74) is 0.720. The molecule has 0 aliphatic carbocycles. The van der Waals surface area contributed by atoms with Crippen molar-refractivity contribution in [3.63, 3.8) is 0 Å². The molecule has 1 aromatic rings. The van der Waals surface area contributed by atoms with Crippen molar-refractivity contribution < 1.29 is 13.2 Å². The van der Waals surface area contributed by atoms with Gasteiger partial charge in [0.25, 0.3) is 0 Å². The Morgan fingerprint density at radius 2 is 2.12 bits per heavy atom. The molecule has 0 saturated heterocycles. The summed E-state index contributed by atoms with van der Waals surface area (Å²) in [5.74, 6) is -0.782. The minimum absolute atomic E-state index is 0.342. The van der Waals surface area contributed by atoms with Crippen LogP contribution in [0, 0.1) is 6.92 Å². The first-order chi connectivity index (χ1) is 7.28. The standard InChI is InChI=1S/C9H11BrN2O3S/c1-6-7(10)3-4-8(11-6)12-9(13)5-16(2,14)15/h3-4H,5H2,1-2H3,(H,11,12,13). The van der Waals surface area contributed by atoms with Crippen molar-refractivity contribution in [3.8, 4) is 0 Å². The molecule has 0 aliphatic rings. The van der Waals surface area contributed by atoms with Crippen molar-refractivity contribution in [1.29, 1.82) is 0 Å². The van der Waals surface area contributed by atoms with Gasteiger partial charge in [-0.2, -0.15) is 0 Å². The Bertz CT molecular complexity index is 513. The SMILES string of the molecule is Cc1nc(NC(=O)CS(C)(=O)=O)ccc1Br. The summed E-state index contributed by atoms with van der Waals surface area (Å²) in [6.07, 6.45) is 1.01. The number of halogens is 1. The highest BCUT2D eigenvalue weighted by molar-refractivity contribution is 9.10. The Morgan fingerprint density at radius 3 is 2.62 bits per heavy atom. The number of hydrogen-bond acceptors (Lipinski definition) is 4. The normalized spacial score (nSPS) is 11.2. The van der Waals surface area contributed by atoms with Crippen LogP contribution in [0.25, 0.3) is 0 Å². The van der Waals surface area contributed by atoms with E-state index in [1.165, 1.54) is 0 Å². The fourth-order valence-electron chi connectivity index (χ4n) is 1.03. The van der Waals surface area contributed by atoms with Crippen molar-refractivity contribution in [2.24, 2.45) is 0 Å². The highest BCUT2D eigenvalue weighted by Gasteiger charge is 2.11. The predicted octanol–water partition coefficient (Wildman–Crippen LogP) is 1.14. The molecule has 0 unspecified atom stereocenters. The maximum atomic E-state index is 11.3. The third-order valence-corrected chi connectivity index (χ3v) is 3.31. The molecule has 1 heterocycles. The van der Waals surface area contributed by atoms with Gasteiger partial charge < -0.3 is 5.32 Å². The number of aromatic nitrogens is 1. The number of nitrogens with one attached hydrogen (secondary N) is 1. The Kier molecular flexibility index (Phi) is 4.03. The number of sulfone groups is 1. The average molecular weight is 307 g/mol. The molecule has 7 heteroatoms. The number of nitrogens with zero attached hydrogens (tertiary/aromatic N) is 1. The summed E-state index contributed by atoms with van der Waals surface area (Å²) in [4.78, 5) is 15.4. The van der Waals surface area contributed by atoms with Crippen molar-refractivity contribution in [1.82, 2.24) is 4.98 Å². The zero-order chi connectivity index (χ0) is 12.3. The van der Waals surface area contributed by atoms with Gasteiger partial charge in [0, 0.05) is 10.7 Å². The molecule has 0 atom stereocenters. The molecule has 1 rings (SSSR count). The van der Waals surface area contributed by atoms with E-state index in [0.717, 1.165) is 16.4 Å². The van der Waals surface area contributed by atoms with Gasteiger partial charge in [-0.3, -0.25) is 4.79 Å². The first-order valence-electron chi connectivity index (χ1n) is 4.38. The van der Waals surface area contributed by atoms with Crippen LogP contribution in [0.15, 0.2) is 16.6 Å². The number of anilines is 1. The van der Waals surface area contributed by atoms with Gasteiger partial charge in [-0.25, -0.2) is 13.4 Å². The van der Waals surface area contributed by atoms with E-state index in [0.29, 0.717) is 5.82 Å². The molecule has 0 spiro atoms. The Balaban J connectivity index is 2.74. The van der Waals surface area contributed by atoms with Crippen LogP contribution in [0.5, 0.6) is 0 Å². The first kappa shape index (κ1) is 13.1. The van der Waals surface area contributed by atoms with E-state index in [4.69, 9.17) is 0 Å². The second-order valence-electron chi connectivity index (χ2n) is 3.38. The summed E-state index contributed by atoms with van der Waals surface area (Å²) in [6.45, 7) is 1.77. The predicted molar refractivity (Wildman–Crippen MR) is 65.0 cm³/mol. The van der Waals surface area contributed by atoms with Gasteiger partial charge >= 0.3 is 0 Å². The van der Waals surface area contributed by atoms with Crippen molar-refractivity contribution >= 4 is 37.5 Å². The largest absolute Gasteiger partial charge is 0.310 e.